The van der Waals surface area contributed by atoms with Crippen LogP contribution in [-0.4, -0.2) is 63.8 Å². The molecule has 2 aliphatic rings. The van der Waals surface area contributed by atoms with E-state index in [0.717, 1.165) is 12.8 Å². The molecule has 0 unspecified atom stereocenters. The zero-order chi connectivity index (χ0) is 18.3. The number of carbonyl (C=O) groups excluding carboxylic acids is 3. The minimum Gasteiger partial charge on any atom is -0.480 e. The molecule has 0 saturated carbocycles. The molecule has 2 fully saturated rings. The Balaban J connectivity index is 0.000000240. The first-order valence-corrected chi connectivity index (χ1v) is 8.44. The predicted molar refractivity (Wildman–Crippen MR) is 86.9 cm³/mol. The van der Waals surface area contributed by atoms with Gasteiger partial charge < -0.3 is 20.6 Å². The van der Waals surface area contributed by atoms with E-state index in [-0.39, 0.29) is 17.9 Å². The van der Waals surface area contributed by atoms with E-state index in [2.05, 4.69) is 0 Å². The molecule has 0 spiro atoms. The zero-order valence-corrected chi connectivity index (χ0v) is 14.4. The fourth-order valence-corrected chi connectivity index (χ4v) is 3.10. The van der Waals surface area contributed by atoms with Crippen molar-refractivity contribution in [3.63, 3.8) is 0 Å². The molecule has 3 N–H and O–H groups in total. The van der Waals surface area contributed by atoms with Crippen LogP contribution in [0.25, 0.3) is 0 Å². The topological polar surface area (TPSA) is 121 Å². The van der Waals surface area contributed by atoms with Gasteiger partial charge in [-0.15, -0.1) is 0 Å². The molecular formula is C16H27N3O5. The molecule has 0 aromatic rings. The van der Waals surface area contributed by atoms with Gasteiger partial charge >= 0.3 is 5.97 Å². The summed E-state index contributed by atoms with van der Waals surface area (Å²) in [6, 6.07) is -1.00. The first kappa shape index (κ1) is 19.9. The van der Waals surface area contributed by atoms with Crippen LogP contribution in [0.2, 0.25) is 0 Å². The number of hydrogen-bond acceptors (Lipinski definition) is 4. The van der Waals surface area contributed by atoms with E-state index in [1.165, 1.54) is 4.90 Å². The standard InChI is InChI=1S/C8H14N2O2.C8H13NO3/c1-2-6(8(9)12)10-5-3-4-7(10)11;1-2-6(8(11)12)9-5-3-4-7(9)10/h6H,2-5H2,1H3,(H2,9,12);6H,2-5H2,1H3,(H,11,12)/t2*6-/m10/s1. The Hall–Kier alpha value is -2.12. The Kier molecular flexibility index (Phi) is 7.67. The van der Waals surface area contributed by atoms with Crippen molar-refractivity contribution in [1.82, 2.24) is 9.80 Å². The Bertz CT molecular complexity index is 450. The summed E-state index contributed by atoms with van der Waals surface area (Å²) in [6.07, 6.45) is 3.81. The van der Waals surface area contributed by atoms with Gasteiger partial charge in [0.2, 0.25) is 17.7 Å². The van der Waals surface area contributed by atoms with Crippen LogP contribution in [0.5, 0.6) is 0 Å². The van der Waals surface area contributed by atoms with Crippen LogP contribution >= 0.6 is 0 Å². The molecule has 0 aromatic heterocycles. The largest absolute Gasteiger partial charge is 0.480 e. The normalized spacial score (nSPS) is 19.8. The van der Waals surface area contributed by atoms with E-state index in [9.17, 15) is 19.2 Å². The molecule has 2 atom stereocenters. The van der Waals surface area contributed by atoms with E-state index in [0.29, 0.717) is 38.8 Å². The first-order valence-electron chi connectivity index (χ1n) is 8.44. The summed E-state index contributed by atoms with van der Waals surface area (Å²) in [7, 11) is 0. The third-order valence-corrected chi connectivity index (χ3v) is 4.36. The highest BCUT2D eigenvalue weighted by molar-refractivity contribution is 5.87. The van der Waals surface area contributed by atoms with E-state index in [1.54, 1.807) is 11.8 Å². The lowest BCUT2D eigenvalue weighted by Gasteiger charge is -2.23. The molecule has 2 aliphatic heterocycles. The number of carboxylic acid groups (broad SMARTS) is 1. The number of amides is 3. The molecule has 8 heteroatoms. The average Bonchev–Trinajstić information content (AvgIpc) is 3.11. The monoisotopic (exact) mass is 341 g/mol. The van der Waals surface area contributed by atoms with Crippen molar-refractivity contribution in [3.8, 4) is 0 Å². The summed E-state index contributed by atoms with van der Waals surface area (Å²) in [5, 5.41) is 8.76. The Morgan fingerprint density at radius 1 is 1.00 bits per heavy atom. The predicted octanol–water partition coefficient (Wildman–Crippen LogP) is 0.345. The molecule has 2 heterocycles. The molecule has 0 aliphatic carbocycles. The van der Waals surface area contributed by atoms with Crippen molar-refractivity contribution in [3.05, 3.63) is 0 Å². The van der Waals surface area contributed by atoms with Crippen LogP contribution in [0.3, 0.4) is 0 Å². The van der Waals surface area contributed by atoms with E-state index in [4.69, 9.17) is 10.8 Å². The van der Waals surface area contributed by atoms with E-state index in [1.807, 2.05) is 6.92 Å². The summed E-state index contributed by atoms with van der Waals surface area (Å²) >= 11 is 0. The van der Waals surface area contributed by atoms with Gasteiger partial charge in [0, 0.05) is 25.9 Å². The van der Waals surface area contributed by atoms with Crippen LogP contribution in [0.4, 0.5) is 0 Å². The van der Waals surface area contributed by atoms with Crippen LogP contribution < -0.4 is 5.73 Å². The SMILES string of the molecule is CC[C@@H](C(=O)O)N1CCCC1=O.CC[C@H](C(N)=O)N1CCCC1=O. The number of carboxylic acids is 1. The highest BCUT2D eigenvalue weighted by Crippen LogP contribution is 2.16. The van der Waals surface area contributed by atoms with Crippen LogP contribution in [0.1, 0.15) is 52.4 Å². The lowest BCUT2D eigenvalue weighted by atomic mass is 10.2. The summed E-state index contributed by atoms with van der Waals surface area (Å²) in [4.78, 5) is 46.9. The molecule has 24 heavy (non-hydrogen) atoms. The number of hydrogen-bond donors (Lipinski definition) is 2. The smallest absolute Gasteiger partial charge is 0.326 e. The maximum atomic E-state index is 11.2. The van der Waals surface area contributed by atoms with Gasteiger partial charge in [0.15, 0.2) is 0 Å². The van der Waals surface area contributed by atoms with E-state index < -0.39 is 17.9 Å². The second kappa shape index (κ2) is 9.24. The lowest BCUT2D eigenvalue weighted by Crippen LogP contribution is -2.44. The van der Waals surface area contributed by atoms with Crippen LogP contribution in [-0.2, 0) is 19.2 Å². The number of rotatable bonds is 6. The fourth-order valence-electron chi connectivity index (χ4n) is 3.10. The molecular weight excluding hydrogens is 314 g/mol. The number of carbonyl (C=O) groups is 4. The minimum atomic E-state index is -0.896. The number of likely N-dealkylation sites (tertiary alicyclic amines) is 2. The molecule has 2 rings (SSSR count). The second-order valence-corrected chi connectivity index (χ2v) is 5.97. The highest BCUT2D eigenvalue weighted by Gasteiger charge is 2.31. The van der Waals surface area contributed by atoms with Crippen molar-refractivity contribution in [2.45, 2.75) is 64.5 Å². The number of aliphatic carboxylic acids is 1. The van der Waals surface area contributed by atoms with Gasteiger partial charge in [-0.1, -0.05) is 13.8 Å². The van der Waals surface area contributed by atoms with Gasteiger partial charge in [-0.2, -0.15) is 0 Å². The molecule has 0 bridgehead atoms. The van der Waals surface area contributed by atoms with Crippen molar-refractivity contribution >= 4 is 23.7 Å². The third kappa shape index (κ3) is 4.94. The third-order valence-electron chi connectivity index (χ3n) is 4.36. The van der Waals surface area contributed by atoms with Gasteiger partial charge in [0.25, 0.3) is 0 Å². The van der Waals surface area contributed by atoms with E-state index >= 15 is 0 Å². The van der Waals surface area contributed by atoms with Crippen LogP contribution in [0.15, 0.2) is 0 Å². The lowest BCUT2D eigenvalue weighted by molar-refractivity contribution is -0.148. The Morgan fingerprint density at radius 3 is 1.67 bits per heavy atom. The minimum absolute atomic E-state index is 0.0238. The van der Waals surface area contributed by atoms with Gasteiger partial charge in [-0.3, -0.25) is 14.4 Å². The van der Waals surface area contributed by atoms with Gasteiger partial charge in [-0.25, -0.2) is 4.79 Å². The van der Waals surface area contributed by atoms with Gasteiger partial charge in [0.1, 0.15) is 12.1 Å². The van der Waals surface area contributed by atoms with Crippen molar-refractivity contribution in [2.75, 3.05) is 13.1 Å². The molecule has 0 aromatic carbocycles. The van der Waals surface area contributed by atoms with Crippen LogP contribution in [0, 0.1) is 0 Å². The number of nitrogens with two attached hydrogens (primary N) is 1. The Morgan fingerprint density at radius 2 is 1.42 bits per heavy atom. The molecule has 3 amide bonds. The average molecular weight is 341 g/mol. The summed E-state index contributed by atoms with van der Waals surface area (Å²) in [5.41, 5.74) is 5.16. The number of primary amides is 1. The van der Waals surface area contributed by atoms with Crippen molar-refractivity contribution in [1.29, 1.82) is 0 Å². The second-order valence-electron chi connectivity index (χ2n) is 5.97. The molecule has 8 nitrogen and oxygen atoms in total. The molecule has 0 radical (unpaired) electrons. The molecule has 2 saturated heterocycles. The van der Waals surface area contributed by atoms with Crippen molar-refractivity contribution in [2.24, 2.45) is 5.73 Å². The number of nitrogens with zero attached hydrogens (tertiary/aromatic N) is 2. The van der Waals surface area contributed by atoms with Gasteiger partial charge in [0.05, 0.1) is 0 Å². The maximum absolute atomic E-state index is 11.2. The molecule has 136 valence electrons. The van der Waals surface area contributed by atoms with Gasteiger partial charge in [-0.05, 0) is 25.7 Å². The summed E-state index contributed by atoms with van der Waals surface area (Å²) in [6.45, 7) is 4.93. The highest BCUT2D eigenvalue weighted by atomic mass is 16.4. The quantitative estimate of drug-likeness (QED) is 0.722. The fraction of sp³-hybridized carbons (Fsp3) is 0.750. The zero-order valence-electron chi connectivity index (χ0n) is 14.4. The summed E-state index contributed by atoms with van der Waals surface area (Å²) < 4.78 is 0. The first-order chi connectivity index (χ1) is 11.3. The summed E-state index contributed by atoms with van der Waals surface area (Å²) in [5.74, 6) is -1.26. The Labute approximate surface area is 142 Å². The van der Waals surface area contributed by atoms with Crippen molar-refractivity contribution < 1.29 is 24.3 Å². The maximum Gasteiger partial charge on any atom is 0.326 e.